The molecule has 2 aromatic heterocycles. The molecule has 0 bridgehead atoms. The number of carbonyl (C=O) groups is 1. The van der Waals surface area contributed by atoms with E-state index in [1.54, 1.807) is 24.5 Å². The highest BCUT2D eigenvalue weighted by atomic mass is 16.1. The standard InChI is InChI=1S/C23H24N6O/c1-16(7-10-21(24-2)29-12-3-4-13-29)17-8-9-20-19(14-17)22(28-27-20)23(30)26-18-6-5-11-25-15-18/h5-11,14-15H,2-4,12-13H2,1H3,(H,26,30)(H,27,28)/b16-7+,21-10+. The van der Waals surface area contributed by atoms with E-state index in [4.69, 9.17) is 0 Å². The Morgan fingerprint density at radius 3 is 2.83 bits per heavy atom. The first-order valence-corrected chi connectivity index (χ1v) is 9.96. The number of amides is 1. The maximum absolute atomic E-state index is 12.7. The van der Waals surface area contributed by atoms with E-state index in [1.807, 2.05) is 37.3 Å². The van der Waals surface area contributed by atoms with Crippen LogP contribution in [0, 0.1) is 0 Å². The van der Waals surface area contributed by atoms with E-state index >= 15 is 0 Å². The second-order valence-corrected chi connectivity index (χ2v) is 7.26. The molecule has 30 heavy (non-hydrogen) atoms. The fourth-order valence-corrected chi connectivity index (χ4v) is 3.56. The van der Waals surface area contributed by atoms with Crippen LogP contribution in [0.2, 0.25) is 0 Å². The number of likely N-dealkylation sites (tertiary alicyclic amines) is 1. The van der Waals surface area contributed by atoms with Gasteiger partial charge in [0.2, 0.25) is 0 Å². The van der Waals surface area contributed by atoms with Crippen molar-refractivity contribution >= 4 is 34.8 Å². The van der Waals surface area contributed by atoms with Gasteiger partial charge in [0.1, 0.15) is 5.82 Å². The van der Waals surface area contributed by atoms with Crippen LogP contribution in [0.3, 0.4) is 0 Å². The van der Waals surface area contributed by atoms with Crippen molar-refractivity contribution < 1.29 is 4.79 Å². The van der Waals surface area contributed by atoms with Crippen LogP contribution in [-0.4, -0.2) is 45.8 Å². The Balaban J connectivity index is 1.60. The Morgan fingerprint density at radius 2 is 2.10 bits per heavy atom. The third kappa shape index (κ3) is 4.15. The van der Waals surface area contributed by atoms with Crippen LogP contribution in [0.25, 0.3) is 16.5 Å². The number of pyridine rings is 1. The highest BCUT2D eigenvalue weighted by molar-refractivity contribution is 6.11. The fraction of sp³-hybridized carbons (Fsp3) is 0.217. The summed E-state index contributed by atoms with van der Waals surface area (Å²) in [6.07, 6.45) is 9.69. The number of nitrogens with zero attached hydrogens (tertiary/aromatic N) is 4. The maximum Gasteiger partial charge on any atom is 0.276 e. The maximum atomic E-state index is 12.7. The van der Waals surface area contributed by atoms with Crippen molar-refractivity contribution in [3.63, 3.8) is 0 Å². The minimum absolute atomic E-state index is 0.278. The van der Waals surface area contributed by atoms with Crippen molar-refractivity contribution in [1.29, 1.82) is 0 Å². The molecule has 0 atom stereocenters. The van der Waals surface area contributed by atoms with Crippen molar-refractivity contribution in [2.75, 3.05) is 18.4 Å². The summed E-state index contributed by atoms with van der Waals surface area (Å²) in [4.78, 5) is 23.1. The molecular weight excluding hydrogens is 376 g/mol. The SMILES string of the molecule is C=N/C(=C\C=C(/C)c1ccc2[nH]nc(C(=O)Nc3cccnc3)c2c1)N1CCCC1. The van der Waals surface area contributed by atoms with Gasteiger partial charge >= 0.3 is 0 Å². The molecule has 0 radical (unpaired) electrons. The molecule has 0 saturated carbocycles. The summed E-state index contributed by atoms with van der Waals surface area (Å²) < 4.78 is 0. The zero-order chi connectivity index (χ0) is 20.9. The highest BCUT2D eigenvalue weighted by Crippen LogP contribution is 2.24. The summed E-state index contributed by atoms with van der Waals surface area (Å²) in [5, 5.41) is 10.7. The number of nitrogens with one attached hydrogen (secondary N) is 2. The third-order valence-corrected chi connectivity index (χ3v) is 5.23. The number of hydrogen-bond acceptors (Lipinski definition) is 5. The molecule has 7 heteroatoms. The number of hydrogen-bond donors (Lipinski definition) is 2. The van der Waals surface area contributed by atoms with Gasteiger partial charge in [-0.25, -0.2) is 4.99 Å². The Bertz CT molecular complexity index is 1120. The van der Waals surface area contributed by atoms with E-state index < -0.39 is 0 Å². The largest absolute Gasteiger partial charge is 0.357 e. The lowest BCUT2D eigenvalue weighted by atomic mass is 10.0. The summed E-state index contributed by atoms with van der Waals surface area (Å²) in [7, 11) is 0. The number of benzene rings is 1. The highest BCUT2D eigenvalue weighted by Gasteiger charge is 2.16. The molecular formula is C23H24N6O. The quantitative estimate of drug-likeness (QED) is 0.478. The number of aliphatic imine (C=N–C) groups is 1. The number of rotatable bonds is 6. The Labute approximate surface area is 175 Å². The smallest absolute Gasteiger partial charge is 0.276 e. The molecule has 1 fully saturated rings. The van der Waals surface area contributed by atoms with Gasteiger partial charge in [0.25, 0.3) is 5.91 Å². The first kappa shape index (κ1) is 19.6. The summed E-state index contributed by atoms with van der Waals surface area (Å²) in [6.45, 7) is 7.79. The zero-order valence-corrected chi connectivity index (χ0v) is 16.9. The van der Waals surface area contributed by atoms with E-state index in [9.17, 15) is 4.79 Å². The molecule has 1 aliphatic heterocycles. The van der Waals surface area contributed by atoms with E-state index in [2.05, 4.69) is 37.1 Å². The monoisotopic (exact) mass is 400 g/mol. The number of allylic oxidation sites excluding steroid dienone is 3. The molecule has 2 N–H and O–H groups in total. The molecule has 4 rings (SSSR count). The van der Waals surface area contributed by atoms with Gasteiger partial charge in [0.05, 0.1) is 17.4 Å². The van der Waals surface area contributed by atoms with E-state index in [0.29, 0.717) is 11.4 Å². The second-order valence-electron chi connectivity index (χ2n) is 7.26. The van der Waals surface area contributed by atoms with Gasteiger partial charge in [-0.1, -0.05) is 12.1 Å². The first-order valence-electron chi connectivity index (χ1n) is 9.96. The lowest BCUT2D eigenvalue weighted by molar-refractivity contribution is 0.102. The van der Waals surface area contributed by atoms with Crippen LogP contribution in [0.1, 0.15) is 35.8 Å². The van der Waals surface area contributed by atoms with Crippen molar-refractivity contribution in [2.24, 2.45) is 4.99 Å². The molecule has 3 heterocycles. The Kier molecular flexibility index (Phi) is 5.70. The number of H-pyrrole nitrogens is 1. The number of aromatic amines is 1. The zero-order valence-electron chi connectivity index (χ0n) is 16.9. The van der Waals surface area contributed by atoms with Gasteiger partial charge in [-0.2, -0.15) is 5.10 Å². The van der Waals surface area contributed by atoms with Crippen molar-refractivity contribution in [3.8, 4) is 0 Å². The van der Waals surface area contributed by atoms with Crippen molar-refractivity contribution in [1.82, 2.24) is 20.1 Å². The minimum Gasteiger partial charge on any atom is -0.357 e. The number of carbonyl (C=O) groups excluding carboxylic acids is 1. The van der Waals surface area contributed by atoms with E-state index in [1.165, 1.54) is 12.8 Å². The van der Waals surface area contributed by atoms with Gasteiger partial charge < -0.3 is 10.2 Å². The number of fused-ring (bicyclic) bond motifs is 1. The molecule has 152 valence electrons. The van der Waals surface area contributed by atoms with Gasteiger partial charge in [-0.3, -0.25) is 14.9 Å². The lowest BCUT2D eigenvalue weighted by Gasteiger charge is -2.16. The Morgan fingerprint density at radius 1 is 1.27 bits per heavy atom. The van der Waals surface area contributed by atoms with Gasteiger partial charge in [-0.05, 0) is 68.0 Å². The summed E-state index contributed by atoms with van der Waals surface area (Å²) >= 11 is 0. The van der Waals surface area contributed by atoms with Crippen molar-refractivity contribution in [3.05, 3.63) is 72.0 Å². The van der Waals surface area contributed by atoms with Crippen molar-refractivity contribution in [2.45, 2.75) is 19.8 Å². The average Bonchev–Trinajstić information content (AvgIpc) is 3.44. The summed E-state index contributed by atoms with van der Waals surface area (Å²) in [5.74, 6) is 0.618. The van der Waals surface area contributed by atoms with Crippen LogP contribution < -0.4 is 5.32 Å². The lowest BCUT2D eigenvalue weighted by Crippen LogP contribution is -2.16. The van der Waals surface area contributed by atoms with Crippen LogP contribution in [0.5, 0.6) is 0 Å². The molecule has 3 aromatic rings. The van der Waals surface area contributed by atoms with E-state index in [0.717, 1.165) is 40.9 Å². The topological polar surface area (TPSA) is 86.3 Å². The Hall–Kier alpha value is -3.74. The molecule has 0 spiro atoms. The van der Waals surface area contributed by atoms with Crippen LogP contribution in [0.4, 0.5) is 5.69 Å². The number of aromatic nitrogens is 3. The van der Waals surface area contributed by atoms with Gasteiger partial charge in [-0.15, -0.1) is 0 Å². The third-order valence-electron chi connectivity index (χ3n) is 5.23. The van der Waals surface area contributed by atoms with E-state index in [-0.39, 0.29) is 5.91 Å². The normalized spacial score (nSPS) is 14.9. The predicted molar refractivity (Wildman–Crippen MR) is 120 cm³/mol. The fourth-order valence-electron chi connectivity index (χ4n) is 3.56. The second kappa shape index (κ2) is 8.73. The number of anilines is 1. The van der Waals surface area contributed by atoms with Crippen LogP contribution in [0.15, 0.2) is 65.7 Å². The van der Waals surface area contributed by atoms with Gasteiger partial charge in [0.15, 0.2) is 5.69 Å². The van der Waals surface area contributed by atoms with Crippen LogP contribution in [-0.2, 0) is 0 Å². The molecule has 1 amide bonds. The molecule has 1 saturated heterocycles. The molecule has 0 unspecified atom stereocenters. The summed E-state index contributed by atoms with van der Waals surface area (Å²) in [6, 6.07) is 9.49. The van der Waals surface area contributed by atoms with Crippen LogP contribution >= 0.6 is 0 Å². The summed E-state index contributed by atoms with van der Waals surface area (Å²) in [5.41, 5.74) is 3.87. The average molecular weight is 400 g/mol. The molecule has 1 aliphatic rings. The predicted octanol–water partition coefficient (Wildman–Crippen LogP) is 4.25. The first-order chi connectivity index (χ1) is 14.7. The molecule has 7 nitrogen and oxygen atoms in total. The minimum atomic E-state index is -0.278. The molecule has 0 aliphatic carbocycles. The molecule has 1 aromatic carbocycles. The van der Waals surface area contributed by atoms with Gasteiger partial charge in [0, 0.05) is 24.7 Å².